The molecule has 2 heterocycles. The van der Waals surface area contributed by atoms with Crippen LogP contribution in [0, 0.1) is 0 Å². The number of carbonyl (C=O) groups excluding carboxylic acids is 3. The molecule has 21 heavy (non-hydrogen) atoms. The number of hydrogen-bond donors (Lipinski definition) is 1. The van der Waals surface area contributed by atoms with Crippen LogP contribution in [0.25, 0.3) is 0 Å². The van der Waals surface area contributed by atoms with E-state index < -0.39 is 0 Å². The van der Waals surface area contributed by atoms with Crippen LogP contribution in [-0.4, -0.2) is 60.8 Å². The second kappa shape index (κ2) is 5.43. The predicted molar refractivity (Wildman–Crippen MR) is 74.1 cm³/mol. The molecular formula is C14H15N3O4. The Labute approximate surface area is 121 Å². The third-order valence-corrected chi connectivity index (χ3v) is 3.63. The molecule has 0 unspecified atom stereocenters. The van der Waals surface area contributed by atoms with Gasteiger partial charge in [-0.2, -0.15) is 0 Å². The minimum atomic E-state index is -0.270. The summed E-state index contributed by atoms with van der Waals surface area (Å²) < 4.78 is 5.31. The summed E-state index contributed by atoms with van der Waals surface area (Å²) in [5.41, 5.74) is 0.844. The molecule has 1 fully saturated rings. The van der Waals surface area contributed by atoms with Crippen LogP contribution in [0.15, 0.2) is 18.2 Å². The quantitative estimate of drug-likeness (QED) is 0.773. The first kappa shape index (κ1) is 13.4. The fraction of sp³-hybridized carbons (Fsp3) is 0.357. The minimum absolute atomic E-state index is 0.0390. The van der Waals surface area contributed by atoms with Gasteiger partial charge in [0, 0.05) is 26.2 Å². The standard InChI is InChI=1S/C14H15N3O4/c18-9-16-4-6-17(7-5-16)14(20)10-2-1-3-11-13(10)15-12(19)8-21-11/h1-3,9H,4-8H2,(H,15,19). The van der Waals surface area contributed by atoms with Crippen LogP contribution in [0.5, 0.6) is 5.75 Å². The molecule has 1 aromatic rings. The average molecular weight is 289 g/mol. The highest BCUT2D eigenvalue weighted by molar-refractivity contribution is 6.06. The Kier molecular flexibility index (Phi) is 3.47. The van der Waals surface area contributed by atoms with Gasteiger partial charge in [-0.1, -0.05) is 6.07 Å². The van der Waals surface area contributed by atoms with E-state index in [-0.39, 0.29) is 18.4 Å². The number of hydrogen-bond acceptors (Lipinski definition) is 4. The summed E-state index contributed by atoms with van der Waals surface area (Å²) in [6, 6.07) is 5.11. The summed E-state index contributed by atoms with van der Waals surface area (Å²) in [6.45, 7) is 1.97. The van der Waals surface area contributed by atoms with E-state index in [0.717, 1.165) is 6.41 Å². The van der Waals surface area contributed by atoms with Gasteiger partial charge in [-0.25, -0.2) is 0 Å². The molecule has 3 rings (SSSR count). The first-order valence-corrected chi connectivity index (χ1v) is 6.73. The zero-order valence-corrected chi connectivity index (χ0v) is 11.4. The molecule has 7 nitrogen and oxygen atoms in total. The maximum Gasteiger partial charge on any atom is 0.262 e. The van der Waals surface area contributed by atoms with Crippen molar-refractivity contribution < 1.29 is 19.1 Å². The number of rotatable bonds is 2. The van der Waals surface area contributed by atoms with E-state index in [0.29, 0.717) is 43.2 Å². The highest BCUT2D eigenvalue weighted by Crippen LogP contribution is 2.32. The molecule has 3 amide bonds. The number of ether oxygens (including phenoxy) is 1. The fourth-order valence-electron chi connectivity index (χ4n) is 2.48. The van der Waals surface area contributed by atoms with Gasteiger partial charge in [0.05, 0.1) is 11.3 Å². The van der Waals surface area contributed by atoms with E-state index in [4.69, 9.17) is 4.74 Å². The maximum atomic E-state index is 12.6. The molecule has 0 aliphatic carbocycles. The number of piperazine rings is 1. The van der Waals surface area contributed by atoms with Gasteiger partial charge in [-0.15, -0.1) is 0 Å². The maximum absolute atomic E-state index is 12.6. The summed E-state index contributed by atoms with van der Waals surface area (Å²) in [5.74, 6) is 0.0729. The number of para-hydroxylation sites is 1. The zero-order valence-electron chi connectivity index (χ0n) is 11.4. The molecule has 2 aliphatic rings. The van der Waals surface area contributed by atoms with E-state index in [1.807, 2.05) is 0 Å². The number of nitrogens with one attached hydrogen (secondary N) is 1. The lowest BCUT2D eigenvalue weighted by Crippen LogP contribution is -2.48. The first-order chi connectivity index (χ1) is 10.2. The molecule has 0 spiro atoms. The molecule has 0 bridgehead atoms. The van der Waals surface area contributed by atoms with Crippen LogP contribution >= 0.6 is 0 Å². The molecule has 110 valence electrons. The van der Waals surface area contributed by atoms with Gasteiger partial charge >= 0.3 is 0 Å². The predicted octanol–water partition coefficient (Wildman–Crippen LogP) is -0.0683. The molecule has 2 aliphatic heterocycles. The summed E-state index contributed by atoms with van der Waals surface area (Å²) >= 11 is 0. The molecule has 1 aromatic carbocycles. The van der Waals surface area contributed by atoms with Gasteiger partial charge in [0.1, 0.15) is 5.75 Å². The highest BCUT2D eigenvalue weighted by Gasteiger charge is 2.27. The van der Waals surface area contributed by atoms with E-state index in [9.17, 15) is 14.4 Å². The van der Waals surface area contributed by atoms with Gasteiger partial charge in [0.2, 0.25) is 6.41 Å². The van der Waals surface area contributed by atoms with Crippen LogP contribution in [0.2, 0.25) is 0 Å². The van der Waals surface area contributed by atoms with Gasteiger partial charge < -0.3 is 19.9 Å². The molecule has 0 saturated carbocycles. The number of nitrogens with zero attached hydrogens (tertiary/aromatic N) is 2. The van der Waals surface area contributed by atoms with Gasteiger partial charge in [-0.3, -0.25) is 14.4 Å². The SMILES string of the molecule is O=CN1CCN(C(=O)c2cccc3c2NC(=O)CO3)CC1. The van der Waals surface area contributed by atoms with E-state index >= 15 is 0 Å². The van der Waals surface area contributed by atoms with Crippen LogP contribution in [0.3, 0.4) is 0 Å². The van der Waals surface area contributed by atoms with Crippen molar-refractivity contribution in [2.45, 2.75) is 0 Å². The fourth-order valence-corrected chi connectivity index (χ4v) is 2.48. The van der Waals surface area contributed by atoms with Gasteiger partial charge in [-0.05, 0) is 12.1 Å². The molecule has 0 atom stereocenters. The van der Waals surface area contributed by atoms with Crippen molar-refractivity contribution in [2.24, 2.45) is 0 Å². The van der Waals surface area contributed by atoms with Crippen molar-refractivity contribution in [3.8, 4) is 5.75 Å². The third kappa shape index (κ3) is 2.54. The molecule has 0 aromatic heterocycles. The van der Waals surface area contributed by atoms with Crippen LogP contribution in [0.4, 0.5) is 5.69 Å². The first-order valence-electron chi connectivity index (χ1n) is 6.73. The smallest absolute Gasteiger partial charge is 0.262 e. The molecule has 1 N–H and O–H groups in total. The van der Waals surface area contributed by atoms with E-state index in [1.165, 1.54) is 0 Å². The van der Waals surface area contributed by atoms with Crippen molar-refractivity contribution >= 4 is 23.9 Å². The summed E-state index contributed by atoms with van der Waals surface area (Å²) in [5, 5.41) is 2.69. The van der Waals surface area contributed by atoms with Gasteiger partial charge in [0.25, 0.3) is 11.8 Å². The Hall–Kier alpha value is -2.57. The summed E-state index contributed by atoms with van der Waals surface area (Å²) in [6.07, 6.45) is 0.792. The molecule has 0 radical (unpaired) electrons. The molecule has 7 heteroatoms. The Morgan fingerprint density at radius 1 is 1.24 bits per heavy atom. The largest absolute Gasteiger partial charge is 0.482 e. The number of anilines is 1. The van der Waals surface area contributed by atoms with Crippen LogP contribution in [0.1, 0.15) is 10.4 Å². The van der Waals surface area contributed by atoms with Gasteiger partial charge in [0.15, 0.2) is 6.61 Å². The lowest BCUT2D eigenvalue weighted by atomic mass is 10.1. The monoisotopic (exact) mass is 289 g/mol. The van der Waals surface area contributed by atoms with Crippen molar-refractivity contribution in [3.63, 3.8) is 0 Å². The van der Waals surface area contributed by atoms with E-state index in [1.54, 1.807) is 28.0 Å². The molecular weight excluding hydrogens is 274 g/mol. The second-order valence-electron chi connectivity index (χ2n) is 4.95. The number of amides is 3. The van der Waals surface area contributed by atoms with Crippen LogP contribution < -0.4 is 10.1 Å². The second-order valence-corrected chi connectivity index (χ2v) is 4.95. The third-order valence-electron chi connectivity index (χ3n) is 3.63. The number of benzene rings is 1. The highest BCUT2D eigenvalue weighted by atomic mass is 16.5. The lowest BCUT2D eigenvalue weighted by molar-refractivity contribution is -0.119. The van der Waals surface area contributed by atoms with Crippen molar-refractivity contribution in [1.29, 1.82) is 0 Å². The minimum Gasteiger partial charge on any atom is -0.482 e. The zero-order chi connectivity index (χ0) is 14.8. The Balaban J connectivity index is 1.82. The Morgan fingerprint density at radius 3 is 2.71 bits per heavy atom. The topological polar surface area (TPSA) is 79.0 Å². The Morgan fingerprint density at radius 2 is 2.00 bits per heavy atom. The van der Waals surface area contributed by atoms with Crippen molar-refractivity contribution in [1.82, 2.24) is 9.80 Å². The lowest BCUT2D eigenvalue weighted by Gasteiger charge is -2.33. The van der Waals surface area contributed by atoms with Crippen molar-refractivity contribution in [3.05, 3.63) is 23.8 Å². The summed E-state index contributed by atoms with van der Waals surface area (Å²) in [7, 11) is 0. The molecule has 1 saturated heterocycles. The normalized spacial score (nSPS) is 17.6. The average Bonchev–Trinajstić information content (AvgIpc) is 2.53. The Bertz CT molecular complexity index is 594. The van der Waals surface area contributed by atoms with Crippen LogP contribution in [-0.2, 0) is 9.59 Å². The van der Waals surface area contributed by atoms with Crippen molar-refractivity contribution in [2.75, 3.05) is 38.1 Å². The van der Waals surface area contributed by atoms with E-state index in [2.05, 4.69) is 5.32 Å². The number of fused-ring (bicyclic) bond motifs is 1. The number of carbonyl (C=O) groups is 3. The summed E-state index contributed by atoms with van der Waals surface area (Å²) in [4.78, 5) is 38.0.